The SMILES string of the molecule is Cc1c(/C=C2/C(=O)NN(c3ccccc3)C2=O)c2ccccc2n1Cc1ccc(Br)cc1. The molecule has 2 amide bonds. The van der Waals surface area contributed by atoms with E-state index in [9.17, 15) is 9.59 Å². The average molecular weight is 486 g/mol. The van der Waals surface area contributed by atoms with Gasteiger partial charge in [-0.25, -0.2) is 5.01 Å². The van der Waals surface area contributed by atoms with Crippen molar-refractivity contribution in [1.29, 1.82) is 0 Å². The molecule has 5 rings (SSSR count). The highest BCUT2D eigenvalue weighted by atomic mass is 79.9. The molecule has 6 heteroatoms. The Morgan fingerprint density at radius 1 is 0.906 bits per heavy atom. The number of anilines is 1. The maximum atomic E-state index is 13.1. The summed E-state index contributed by atoms with van der Waals surface area (Å²) in [6.45, 7) is 2.72. The molecule has 1 fully saturated rings. The van der Waals surface area contributed by atoms with Crippen molar-refractivity contribution in [1.82, 2.24) is 9.99 Å². The quantitative estimate of drug-likeness (QED) is 0.318. The third-order valence-corrected chi connectivity index (χ3v) is 6.26. The Labute approximate surface area is 194 Å². The second kappa shape index (κ2) is 8.13. The van der Waals surface area contributed by atoms with Crippen molar-refractivity contribution < 1.29 is 9.59 Å². The first-order chi connectivity index (χ1) is 15.5. The number of carbonyl (C=O) groups excluding carboxylic acids is 2. The number of hydrogen-bond acceptors (Lipinski definition) is 2. The molecular formula is C26H20BrN3O2. The van der Waals surface area contributed by atoms with Crippen molar-refractivity contribution in [2.75, 3.05) is 5.01 Å². The molecule has 1 aliphatic heterocycles. The number of fused-ring (bicyclic) bond motifs is 1. The fraction of sp³-hybridized carbons (Fsp3) is 0.0769. The predicted molar refractivity (Wildman–Crippen MR) is 130 cm³/mol. The summed E-state index contributed by atoms with van der Waals surface area (Å²) < 4.78 is 3.26. The molecule has 2 heterocycles. The summed E-state index contributed by atoms with van der Waals surface area (Å²) in [6.07, 6.45) is 1.72. The first-order valence-electron chi connectivity index (χ1n) is 10.3. The number of nitrogens with one attached hydrogen (secondary N) is 1. The van der Waals surface area contributed by atoms with Crippen molar-refractivity contribution in [3.05, 3.63) is 106 Å². The minimum atomic E-state index is -0.400. The Bertz CT molecular complexity index is 1370. The van der Waals surface area contributed by atoms with Crippen molar-refractivity contribution in [2.45, 2.75) is 13.5 Å². The smallest absolute Gasteiger partial charge is 0.282 e. The Hall–Kier alpha value is -3.64. The summed E-state index contributed by atoms with van der Waals surface area (Å²) in [4.78, 5) is 25.8. The van der Waals surface area contributed by atoms with Crippen LogP contribution in [0.2, 0.25) is 0 Å². The zero-order chi connectivity index (χ0) is 22.2. The van der Waals surface area contributed by atoms with Gasteiger partial charge < -0.3 is 4.57 Å². The fourth-order valence-corrected chi connectivity index (χ4v) is 4.34. The Balaban J connectivity index is 1.58. The number of para-hydroxylation sites is 2. The van der Waals surface area contributed by atoms with Gasteiger partial charge in [-0.2, -0.15) is 0 Å². The molecule has 0 saturated carbocycles. The lowest BCUT2D eigenvalue weighted by atomic mass is 10.1. The van der Waals surface area contributed by atoms with E-state index < -0.39 is 5.91 Å². The molecule has 158 valence electrons. The summed E-state index contributed by atoms with van der Waals surface area (Å²) in [6, 6.07) is 25.4. The summed E-state index contributed by atoms with van der Waals surface area (Å²) in [5, 5.41) is 2.30. The monoisotopic (exact) mass is 485 g/mol. The molecule has 3 aromatic carbocycles. The van der Waals surface area contributed by atoms with E-state index in [0.717, 1.165) is 26.6 Å². The molecule has 0 bridgehead atoms. The maximum Gasteiger partial charge on any atom is 0.282 e. The first kappa shape index (κ1) is 20.3. The first-order valence-corrected chi connectivity index (χ1v) is 11.1. The van der Waals surface area contributed by atoms with E-state index in [-0.39, 0.29) is 11.5 Å². The number of halogens is 1. The van der Waals surface area contributed by atoms with Gasteiger partial charge in [0.1, 0.15) is 5.57 Å². The van der Waals surface area contributed by atoms with Crippen LogP contribution in [-0.2, 0) is 16.1 Å². The predicted octanol–water partition coefficient (Wildman–Crippen LogP) is 5.22. The molecule has 32 heavy (non-hydrogen) atoms. The van der Waals surface area contributed by atoms with E-state index in [1.54, 1.807) is 18.2 Å². The van der Waals surface area contributed by atoms with Gasteiger partial charge in [0.15, 0.2) is 0 Å². The van der Waals surface area contributed by atoms with Crippen LogP contribution >= 0.6 is 15.9 Å². The Morgan fingerprint density at radius 3 is 2.34 bits per heavy atom. The van der Waals surface area contributed by atoms with Crippen LogP contribution in [0, 0.1) is 6.92 Å². The van der Waals surface area contributed by atoms with E-state index in [4.69, 9.17) is 0 Å². The zero-order valence-electron chi connectivity index (χ0n) is 17.4. The molecule has 1 saturated heterocycles. The molecule has 4 aromatic rings. The van der Waals surface area contributed by atoms with Crippen LogP contribution in [0.15, 0.2) is 88.9 Å². The van der Waals surface area contributed by atoms with Crippen LogP contribution in [-0.4, -0.2) is 16.4 Å². The third kappa shape index (κ3) is 3.52. The van der Waals surface area contributed by atoms with E-state index in [1.807, 2.05) is 55.5 Å². The average Bonchev–Trinajstić information content (AvgIpc) is 3.24. The van der Waals surface area contributed by atoms with Crippen LogP contribution in [0.5, 0.6) is 0 Å². The molecular weight excluding hydrogens is 466 g/mol. The molecule has 1 aliphatic rings. The standard InChI is InChI=1S/C26H20BrN3O2/c1-17-22(15-23-25(31)28-30(26(23)32)20-7-3-2-4-8-20)21-9-5-6-10-24(21)29(17)16-18-11-13-19(27)14-12-18/h2-15H,16H2,1H3,(H,28,31)/b23-15-. The summed E-state index contributed by atoms with van der Waals surface area (Å²) in [5.41, 5.74) is 7.54. The summed E-state index contributed by atoms with van der Waals surface area (Å²) >= 11 is 3.48. The van der Waals surface area contributed by atoms with Gasteiger partial charge in [-0.05, 0) is 48.9 Å². The van der Waals surface area contributed by atoms with E-state index in [1.165, 1.54) is 10.6 Å². The number of rotatable bonds is 4. The van der Waals surface area contributed by atoms with Gasteiger partial charge in [0.05, 0.1) is 5.69 Å². The molecule has 0 radical (unpaired) electrons. The van der Waals surface area contributed by atoms with Gasteiger partial charge in [-0.15, -0.1) is 0 Å². The highest BCUT2D eigenvalue weighted by Gasteiger charge is 2.34. The van der Waals surface area contributed by atoms with Crippen LogP contribution in [0.25, 0.3) is 17.0 Å². The number of carbonyl (C=O) groups is 2. The van der Waals surface area contributed by atoms with Crippen LogP contribution in [0.1, 0.15) is 16.8 Å². The Morgan fingerprint density at radius 2 is 1.59 bits per heavy atom. The maximum absolute atomic E-state index is 13.1. The van der Waals surface area contributed by atoms with Gasteiger partial charge >= 0.3 is 0 Å². The highest BCUT2D eigenvalue weighted by molar-refractivity contribution is 9.10. The van der Waals surface area contributed by atoms with E-state index >= 15 is 0 Å². The lowest BCUT2D eigenvalue weighted by molar-refractivity contribution is -0.117. The van der Waals surface area contributed by atoms with Gasteiger partial charge in [0.25, 0.3) is 11.8 Å². The zero-order valence-corrected chi connectivity index (χ0v) is 19.0. The summed E-state index contributed by atoms with van der Waals surface area (Å²) in [5.74, 6) is -0.756. The number of aromatic nitrogens is 1. The van der Waals surface area contributed by atoms with Gasteiger partial charge in [0.2, 0.25) is 0 Å². The van der Waals surface area contributed by atoms with Crippen LogP contribution in [0.3, 0.4) is 0 Å². The van der Waals surface area contributed by atoms with Crippen LogP contribution in [0.4, 0.5) is 5.69 Å². The third-order valence-electron chi connectivity index (χ3n) is 5.73. The second-order valence-corrected chi connectivity index (χ2v) is 8.62. The molecule has 0 unspecified atom stereocenters. The fourth-order valence-electron chi connectivity index (χ4n) is 4.08. The molecule has 1 N–H and O–H groups in total. The summed E-state index contributed by atoms with van der Waals surface area (Å²) in [7, 11) is 0. The lowest BCUT2D eigenvalue weighted by Crippen LogP contribution is -2.35. The number of amides is 2. The number of hydrogen-bond donors (Lipinski definition) is 1. The topological polar surface area (TPSA) is 54.3 Å². The highest BCUT2D eigenvalue weighted by Crippen LogP contribution is 2.30. The molecule has 0 atom stereocenters. The lowest BCUT2D eigenvalue weighted by Gasteiger charge is -2.13. The minimum absolute atomic E-state index is 0.128. The largest absolute Gasteiger partial charge is 0.340 e. The Kier molecular flexibility index (Phi) is 5.15. The molecule has 5 nitrogen and oxygen atoms in total. The van der Waals surface area contributed by atoms with Gasteiger partial charge in [0, 0.05) is 33.2 Å². The van der Waals surface area contributed by atoms with Crippen molar-refractivity contribution in [3.63, 3.8) is 0 Å². The van der Waals surface area contributed by atoms with Crippen molar-refractivity contribution >= 4 is 50.4 Å². The number of benzene rings is 3. The minimum Gasteiger partial charge on any atom is -0.340 e. The number of nitrogens with zero attached hydrogens (tertiary/aromatic N) is 2. The van der Waals surface area contributed by atoms with Gasteiger partial charge in [-0.3, -0.25) is 15.0 Å². The van der Waals surface area contributed by atoms with Crippen molar-refractivity contribution in [3.8, 4) is 0 Å². The van der Waals surface area contributed by atoms with Crippen molar-refractivity contribution in [2.24, 2.45) is 0 Å². The molecule has 0 aliphatic carbocycles. The molecule has 1 aromatic heterocycles. The number of hydrazine groups is 1. The van der Waals surface area contributed by atoms with Crippen LogP contribution < -0.4 is 10.4 Å². The normalized spacial score (nSPS) is 15.1. The van der Waals surface area contributed by atoms with E-state index in [0.29, 0.717) is 12.2 Å². The second-order valence-electron chi connectivity index (χ2n) is 7.70. The molecule has 0 spiro atoms. The van der Waals surface area contributed by atoms with Gasteiger partial charge in [-0.1, -0.05) is 64.5 Å². The van der Waals surface area contributed by atoms with E-state index in [2.05, 4.69) is 44.1 Å².